The number of nitrogens with zero attached hydrogens (tertiary/aromatic N) is 1. The van der Waals surface area contributed by atoms with Crippen LogP contribution >= 0.6 is 0 Å². The van der Waals surface area contributed by atoms with Crippen molar-refractivity contribution in [2.75, 3.05) is 18.2 Å². The molecular formula is C16H18N2O4S. The summed E-state index contributed by atoms with van der Waals surface area (Å²) in [5.41, 5.74) is 0.710. The van der Waals surface area contributed by atoms with Crippen molar-refractivity contribution in [3.05, 3.63) is 48.8 Å². The maximum Gasteiger partial charge on any atom is 0.224 e. The largest absolute Gasteiger partial charge is 0.494 e. The Bertz CT molecular complexity index is 743. The zero-order valence-electron chi connectivity index (χ0n) is 12.7. The van der Waals surface area contributed by atoms with Crippen LogP contribution in [0.3, 0.4) is 0 Å². The number of hydrogen-bond acceptors (Lipinski definition) is 5. The van der Waals surface area contributed by atoms with Crippen molar-refractivity contribution in [2.45, 2.75) is 17.7 Å². The molecule has 1 N–H and O–H groups in total. The normalized spacial score (nSPS) is 11.0. The molecule has 122 valence electrons. The minimum Gasteiger partial charge on any atom is -0.494 e. The van der Waals surface area contributed by atoms with Crippen molar-refractivity contribution in [1.29, 1.82) is 0 Å². The minimum absolute atomic E-state index is 0.0905. The van der Waals surface area contributed by atoms with E-state index in [1.54, 1.807) is 36.7 Å². The third kappa shape index (κ3) is 5.71. The molecule has 6 nitrogen and oxygen atoms in total. The van der Waals surface area contributed by atoms with Crippen LogP contribution in [0.25, 0.3) is 0 Å². The molecule has 0 atom stereocenters. The SMILES string of the molecule is CS(=O)(=O)c1ccc(OCCCC(=O)Nc2ccncc2)cc1. The van der Waals surface area contributed by atoms with Gasteiger partial charge in [-0.2, -0.15) is 0 Å². The van der Waals surface area contributed by atoms with Crippen LogP contribution in [0.15, 0.2) is 53.7 Å². The van der Waals surface area contributed by atoms with Crippen LogP contribution in [0.2, 0.25) is 0 Å². The number of aromatic nitrogens is 1. The summed E-state index contributed by atoms with van der Waals surface area (Å²) in [7, 11) is -3.20. The number of rotatable bonds is 7. The predicted molar refractivity (Wildman–Crippen MR) is 87.1 cm³/mol. The second kappa shape index (κ2) is 7.73. The molecule has 0 fully saturated rings. The molecule has 0 saturated carbocycles. The summed E-state index contributed by atoms with van der Waals surface area (Å²) >= 11 is 0. The molecule has 0 aliphatic carbocycles. The standard InChI is InChI=1S/C16H18N2O4S/c1-23(20,21)15-6-4-14(5-7-15)22-12-2-3-16(19)18-13-8-10-17-11-9-13/h4-11H,2-3,12H2,1H3,(H,17,18,19). The highest BCUT2D eigenvalue weighted by Gasteiger charge is 2.06. The molecule has 0 radical (unpaired) electrons. The number of benzene rings is 1. The van der Waals surface area contributed by atoms with Gasteiger partial charge in [0.25, 0.3) is 0 Å². The first kappa shape index (κ1) is 17.0. The fourth-order valence-corrected chi connectivity index (χ4v) is 2.50. The third-order valence-corrected chi connectivity index (χ3v) is 4.16. The molecule has 0 aliphatic heterocycles. The first-order valence-corrected chi connectivity index (χ1v) is 8.97. The summed E-state index contributed by atoms with van der Waals surface area (Å²) in [4.78, 5) is 15.9. The third-order valence-electron chi connectivity index (χ3n) is 3.03. The van der Waals surface area contributed by atoms with Gasteiger partial charge in [0.05, 0.1) is 11.5 Å². The summed E-state index contributed by atoms with van der Waals surface area (Å²) in [5.74, 6) is 0.485. The van der Waals surface area contributed by atoms with E-state index >= 15 is 0 Å². The lowest BCUT2D eigenvalue weighted by atomic mass is 10.3. The minimum atomic E-state index is -3.20. The van der Waals surface area contributed by atoms with Crippen LogP contribution in [0.1, 0.15) is 12.8 Å². The fraction of sp³-hybridized carbons (Fsp3) is 0.250. The maximum atomic E-state index is 11.7. The van der Waals surface area contributed by atoms with Crippen molar-refractivity contribution in [3.8, 4) is 5.75 Å². The number of carbonyl (C=O) groups excluding carboxylic acids is 1. The van der Waals surface area contributed by atoms with Crippen LogP contribution in [0.5, 0.6) is 5.75 Å². The van der Waals surface area contributed by atoms with E-state index in [-0.39, 0.29) is 10.8 Å². The van der Waals surface area contributed by atoms with Gasteiger partial charge in [-0.1, -0.05) is 0 Å². The van der Waals surface area contributed by atoms with E-state index < -0.39 is 9.84 Å². The first-order chi connectivity index (χ1) is 10.9. The average molecular weight is 334 g/mol. The molecule has 1 amide bonds. The molecule has 23 heavy (non-hydrogen) atoms. The molecule has 2 rings (SSSR count). The quantitative estimate of drug-likeness (QED) is 0.785. The van der Waals surface area contributed by atoms with E-state index in [4.69, 9.17) is 4.74 Å². The zero-order valence-corrected chi connectivity index (χ0v) is 13.5. The highest BCUT2D eigenvalue weighted by atomic mass is 32.2. The Balaban J connectivity index is 1.72. The van der Waals surface area contributed by atoms with E-state index in [0.717, 1.165) is 6.26 Å². The van der Waals surface area contributed by atoms with Gasteiger partial charge < -0.3 is 10.1 Å². The molecule has 1 aromatic carbocycles. The molecule has 2 aromatic rings. The van der Waals surface area contributed by atoms with Gasteiger partial charge in [-0.3, -0.25) is 9.78 Å². The van der Waals surface area contributed by atoms with E-state index in [9.17, 15) is 13.2 Å². The van der Waals surface area contributed by atoms with Crippen molar-refractivity contribution >= 4 is 21.4 Å². The predicted octanol–water partition coefficient (Wildman–Crippen LogP) is 2.28. The molecule has 1 heterocycles. The van der Waals surface area contributed by atoms with Crippen molar-refractivity contribution in [3.63, 3.8) is 0 Å². The van der Waals surface area contributed by atoms with Gasteiger partial charge in [-0.05, 0) is 42.8 Å². The lowest BCUT2D eigenvalue weighted by Gasteiger charge is -2.07. The summed E-state index contributed by atoms with van der Waals surface area (Å²) in [6.45, 7) is 0.377. The Hall–Kier alpha value is -2.41. The molecule has 0 unspecified atom stereocenters. The van der Waals surface area contributed by atoms with Gasteiger partial charge in [-0.15, -0.1) is 0 Å². The number of anilines is 1. The molecule has 0 spiro atoms. The van der Waals surface area contributed by atoms with E-state index in [2.05, 4.69) is 10.3 Å². The Morgan fingerprint density at radius 1 is 1.13 bits per heavy atom. The Labute approximate surface area is 135 Å². The first-order valence-electron chi connectivity index (χ1n) is 7.08. The van der Waals surface area contributed by atoms with Gasteiger partial charge in [0.2, 0.25) is 5.91 Å². The van der Waals surface area contributed by atoms with Crippen LogP contribution in [-0.2, 0) is 14.6 Å². The van der Waals surface area contributed by atoms with Gasteiger partial charge in [0.15, 0.2) is 9.84 Å². The summed E-state index contributed by atoms with van der Waals surface area (Å²) in [5, 5.41) is 2.76. The summed E-state index contributed by atoms with van der Waals surface area (Å²) in [6, 6.07) is 9.65. The van der Waals surface area contributed by atoms with Gasteiger partial charge >= 0.3 is 0 Å². The van der Waals surface area contributed by atoms with Crippen LogP contribution < -0.4 is 10.1 Å². The smallest absolute Gasteiger partial charge is 0.224 e. The number of sulfone groups is 1. The van der Waals surface area contributed by atoms with E-state index in [1.807, 2.05) is 0 Å². The van der Waals surface area contributed by atoms with Crippen LogP contribution in [0.4, 0.5) is 5.69 Å². The van der Waals surface area contributed by atoms with Crippen molar-refractivity contribution < 1.29 is 17.9 Å². The highest BCUT2D eigenvalue weighted by molar-refractivity contribution is 7.90. The number of ether oxygens (including phenoxy) is 1. The molecule has 0 saturated heterocycles. The Morgan fingerprint density at radius 2 is 1.78 bits per heavy atom. The number of amides is 1. The molecule has 1 aromatic heterocycles. The Kier molecular flexibility index (Phi) is 5.70. The number of carbonyl (C=O) groups is 1. The van der Waals surface area contributed by atoms with Crippen molar-refractivity contribution in [1.82, 2.24) is 4.98 Å². The van der Waals surface area contributed by atoms with Crippen LogP contribution in [-0.4, -0.2) is 32.2 Å². The van der Waals surface area contributed by atoms with E-state index in [1.165, 1.54) is 12.1 Å². The topological polar surface area (TPSA) is 85.4 Å². The number of nitrogens with one attached hydrogen (secondary N) is 1. The van der Waals surface area contributed by atoms with Crippen molar-refractivity contribution in [2.24, 2.45) is 0 Å². The van der Waals surface area contributed by atoms with Gasteiger partial charge in [-0.25, -0.2) is 8.42 Å². The number of hydrogen-bond donors (Lipinski definition) is 1. The van der Waals surface area contributed by atoms with E-state index in [0.29, 0.717) is 30.9 Å². The van der Waals surface area contributed by atoms with Gasteiger partial charge in [0, 0.05) is 30.8 Å². The summed E-state index contributed by atoms with van der Waals surface area (Å²) < 4.78 is 28.2. The lowest BCUT2D eigenvalue weighted by Crippen LogP contribution is -2.12. The monoisotopic (exact) mass is 334 g/mol. The molecule has 0 bridgehead atoms. The fourth-order valence-electron chi connectivity index (χ4n) is 1.86. The summed E-state index contributed by atoms with van der Waals surface area (Å²) in [6.07, 6.45) is 5.27. The van der Waals surface area contributed by atoms with Gasteiger partial charge in [0.1, 0.15) is 5.75 Å². The zero-order chi connectivity index (χ0) is 16.7. The second-order valence-corrected chi connectivity index (χ2v) is 7.00. The molecule has 0 aliphatic rings. The maximum absolute atomic E-state index is 11.7. The Morgan fingerprint density at radius 3 is 2.39 bits per heavy atom. The average Bonchev–Trinajstić information content (AvgIpc) is 2.52. The lowest BCUT2D eigenvalue weighted by molar-refractivity contribution is -0.116. The number of pyridine rings is 1. The second-order valence-electron chi connectivity index (χ2n) is 4.98. The highest BCUT2D eigenvalue weighted by Crippen LogP contribution is 2.16. The molecular weight excluding hydrogens is 316 g/mol. The van der Waals surface area contributed by atoms with Crippen LogP contribution in [0, 0.1) is 0 Å². The molecule has 7 heteroatoms.